The molecule has 0 N–H and O–H groups in total. The predicted octanol–water partition coefficient (Wildman–Crippen LogP) is 3.57. The first-order chi connectivity index (χ1) is 12.6. The highest BCUT2D eigenvalue weighted by Crippen LogP contribution is 2.56. The molecule has 4 atom stereocenters. The summed E-state index contributed by atoms with van der Waals surface area (Å²) in [6.45, 7) is 2.52. The van der Waals surface area contributed by atoms with E-state index in [-0.39, 0.29) is 29.6 Å². The number of rotatable bonds is 6. The Balaban J connectivity index is 1.45. The molecule has 138 valence electrons. The van der Waals surface area contributed by atoms with Gasteiger partial charge in [0.25, 0.3) is 0 Å². The molecule has 0 radical (unpaired) electrons. The van der Waals surface area contributed by atoms with Crippen LogP contribution in [0.1, 0.15) is 55.8 Å². The molecule has 2 amide bonds. The number of anilines is 1. The van der Waals surface area contributed by atoms with E-state index in [1.165, 1.54) is 4.90 Å². The molecule has 5 nitrogen and oxygen atoms in total. The van der Waals surface area contributed by atoms with E-state index in [0.29, 0.717) is 29.7 Å². The SMILES string of the molecule is CCCCCOC(=O)c1ccc(N2C(=O)[C@@H]3[C@H]4CC[C@@H](C4)[C@@H]3C2=O)cc1. The molecule has 3 fully saturated rings. The van der Waals surface area contributed by atoms with E-state index in [0.717, 1.165) is 38.5 Å². The van der Waals surface area contributed by atoms with E-state index >= 15 is 0 Å². The minimum Gasteiger partial charge on any atom is -0.462 e. The van der Waals surface area contributed by atoms with Gasteiger partial charge in [-0.1, -0.05) is 19.8 Å². The third kappa shape index (κ3) is 2.74. The zero-order chi connectivity index (χ0) is 18.3. The molecule has 3 aliphatic rings. The number of fused-ring (bicyclic) bond motifs is 5. The Hall–Kier alpha value is -2.17. The fraction of sp³-hybridized carbons (Fsp3) is 0.571. The molecular formula is C21H25NO4. The van der Waals surface area contributed by atoms with Crippen molar-refractivity contribution < 1.29 is 19.1 Å². The summed E-state index contributed by atoms with van der Waals surface area (Å²) in [5.74, 6) is 0.0485. The third-order valence-electron chi connectivity index (χ3n) is 6.27. The van der Waals surface area contributed by atoms with Crippen LogP contribution in [0.3, 0.4) is 0 Å². The van der Waals surface area contributed by atoms with Crippen LogP contribution >= 0.6 is 0 Å². The minimum absolute atomic E-state index is 0.0536. The minimum atomic E-state index is -0.360. The van der Waals surface area contributed by atoms with E-state index in [2.05, 4.69) is 6.92 Å². The third-order valence-corrected chi connectivity index (χ3v) is 6.27. The molecule has 2 bridgehead atoms. The van der Waals surface area contributed by atoms with Crippen molar-refractivity contribution in [2.75, 3.05) is 11.5 Å². The second kappa shape index (κ2) is 6.86. The van der Waals surface area contributed by atoms with Gasteiger partial charge in [0, 0.05) is 0 Å². The van der Waals surface area contributed by atoms with Crippen molar-refractivity contribution in [3.05, 3.63) is 29.8 Å². The van der Waals surface area contributed by atoms with Crippen molar-refractivity contribution in [2.45, 2.75) is 45.4 Å². The number of carbonyl (C=O) groups excluding carboxylic acids is 3. The average Bonchev–Trinajstić information content (AvgIpc) is 3.33. The number of benzene rings is 1. The maximum absolute atomic E-state index is 12.8. The van der Waals surface area contributed by atoms with Crippen LogP contribution in [-0.2, 0) is 14.3 Å². The molecule has 4 rings (SSSR count). The van der Waals surface area contributed by atoms with Gasteiger partial charge in [0.05, 0.1) is 29.7 Å². The second-order valence-corrected chi connectivity index (χ2v) is 7.79. The number of unbranched alkanes of at least 4 members (excludes halogenated alkanes) is 2. The number of amides is 2. The monoisotopic (exact) mass is 355 g/mol. The zero-order valence-corrected chi connectivity index (χ0v) is 15.1. The molecule has 0 spiro atoms. The first-order valence-corrected chi connectivity index (χ1v) is 9.76. The van der Waals surface area contributed by atoms with Gasteiger partial charge >= 0.3 is 5.97 Å². The average molecular weight is 355 g/mol. The molecule has 26 heavy (non-hydrogen) atoms. The van der Waals surface area contributed by atoms with Crippen LogP contribution < -0.4 is 4.90 Å². The second-order valence-electron chi connectivity index (χ2n) is 7.79. The topological polar surface area (TPSA) is 63.7 Å². The number of nitrogens with zero attached hydrogens (tertiary/aromatic N) is 1. The van der Waals surface area contributed by atoms with E-state index in [4.69, 9.17) is 4.74 Å². The van der Waals surface area contributed by atoms with E-state index in [1.54, 1.807) is 24.3 Å². The molecule has 0 aromatic heterocycles. The van der Waals surface area contributed by atoms with Crippen LogP contribution in [0.4, 0.5) is 5.69 Å². The van der Waals surface area contributed by atoms with Crippen LogP contribution in [0.5, 0.6) is 0 Å². The van der Waals surface area contributed by atoms with Crippen molar-refractivity contribution in [3.8, 4) is 0 Å². The number of hydrogen-bond donors (Lipinski definition) is 0. The number of carbonyl (C=O) groups is 3. The van der Waals surface area contributed by atoms with Crippen LogP contribution in [0.2, 0.25) is 0 Å². The van der Waals surface area contributed by atoms with Crippen molar-refractivity contribution in [1.82, 2.24) is 0 Å². The molecule has 0 unspecified atom stereocenters. The molecule has 1 saturated heterocycles. The van der Waals surface area contributed by atoms with Gasteiger partial charge in [-0.2, -0.15) is 0 Å². The van der Waals surface area contributed by atoms with E-state index in [9.17, 15) is 14.4 Å². The molecule has 1 heterocycles. The maximum Gasteiger partial charge on any atom is 0.338 e. The fourth-order valence-corrected chi connectivity index (χ4v) is 5.01. The summed E-state index contributed by atoms with van der Waals surface area (Å²) >= 11 is 0. The Morgan fingerprint density at radius 2 is 1.65 bits per heavy atom. The summed E-state index contributed by atoms with van der Waals surface area (Å²) in [5, 5.41) is 0. The Bertz CT molecular complexity index is 698. The summed E-state index contributed by atoms with van der Waals surface area (Å²) in [4.78, 5) is 39.0. The van der Waals surface area contributed by atoms with Gasteiger partial charge in [0.2, 0.25) is 11.8 Å². The van der Waals surface area contributed by atoms with Gasteiger partial charge in [0.1, 0.15) is 0 Å². The lowest BCUT2D eigenvalue weighted by atomic mass is 9.81. The Kier molecular flexibility index (Phi) is 4.55. The zero-order valence-electron chi connectivity index (χ0n) is 15.1. The van der Waals surface area contributed by atoms with Crippen LogP contribution in [0, 0.1) is 23.7 Å². The largest absolute Gasteiger partial charge is 0.462 e. The highest BCUT2D eigenvalue weighted by Gasteiger charge is 2.61. The van der Waals surface area contributed by atoms with Crippen LogP contribution in [0.15, 0.2) is 24.3 Å². The lowest BCUT2D eigenvalue weighted by Crippen LogP contribution is -2.32. The molecule has 1 aromatic carbocycles. The Labute approximate surface area is 153 Å². The van der Waals surface area contributed by atoms with Gasteiger partial charge in [-0.25, -0.2) is 4.79 Å². The van der Waals surface area contributed by atoms with Crippen molar-refractivity contribution in [1.29, 1.82) is 0 Å². The van der Waals surface area contributed by atoms with Crippen LogP contribution in [0.25, 0.3) is 0 Å². The van der Waals surface area contributed by atoms with Gasteiger partial charge in [0.15, 0.2) is 0 Å². The van der Waals surface area contributed by atoms with Gasteiger partial charge in [-0.05, 0) is 61.8 Å². The molecular weight excluding hydrogens is 330 g/mol. The highest BCUT2D eigenvalue weighted by atomic mass is 16.5. The number of imide groups is 1. The summed E-state index contributed by atoms with van der Waals surface area (Å²) in [5.41, 5.74) is 1.01. The first-order valence-electron chi connectivity index (χ1n) is 9.76. The maximum atomic E-state index is 12.8. The molecule has 1 aliphatic heterocycles. The van der Waals surface area contributed by atoms with Crippen molar-refractivity contribution in [3.63, 3.8) is 0 Å². The first kappa shape index (κ1) is 17.3. The molecule has 5 heteroatoms. The standard InChI is InChI=1S/C21H25NO4/c1-2-3-4-11-26-21(25)13-7-9-16(10-8-13)22-19(23)17-14-5-6-15(12-14)18(17)20(22)24/h7-10,14-15,17-18H,2-6,11-12H2,1H3/t14-,15-,17-,18+/m0/s1. The van der Waals surface area contributed by atoms with E-state index < -0.39 is 0 Å². The van der Waals surface area contributed by atoms with Crippen LogP contribution in [-0.4, -0.2) is 24.4 Å². The lowest BCUT2D eigenvalue weighted by Gasteiger charge is -2.19. The molecule has 2 aliphatic carbocycles. The lowest BCUT2D eigenvalue weighted by molar-refractivity contribution is -0.123. The summed E-state index contributed by atoms with van der Waals surface area (Å²) in [6, 6.07) is 6.64. The molecule has 1 aromatic rings. The number of esters is 1. The van der Waals surface area contributed by atoms with Gasteiger partial charge in [-0.15, -0.1) is 0 Å². The van der Waals surface area contributed by atoms with Gasteiger partial charge < -0.3 is 4.74 Å². The predicted molar refractivity (Wildman–Crippen MR) is 96.6 cm³/mol. The Morgan fingerprint density at radius 3 is 2.23 bits per heavy atom. The quantitative estimate of drug-likeness (QED) is 0.445. The number of ether oxygens (including phenoxy) is 1. The normalized spacial score (nSPS) is 29.3. The van der Waals surface area contributed by atoms with E-state index in [1.807, 2.05) is 0 Å². The van der Waals surface area contributed by atoms with Crippen molar-refractivity contribution >= 4 is 23.5 Å². The summed E-state index contributed by atoms with van der Waals surface area (Å²) < 4.78 is 5.25. The number of hydrogen-bond acceptors (Lipinski definition) is 4. The fourth-order valence-electron chi connectivity index (χ4n) is 5.01. The smallest absolute Gasteiger partial charge is 0.338 e. The summed E-state index contributed by atoms with van der Waals surface area (Å²) in [6.07, 6.45) is 6.15. The highest BCUT2D eigenvalue weighted by molar-refractivity contribution is 6.22. The summed E-state index contributed by atoms with van der Waals surface area (Å²) in [7, 11) is 0. The van der Waals surface area contributed by atoms with Crippen molar-refractivity contribution in [2.24, 2.45) is 23.7 Å². The van der Waals surface area contributed by atoms with Gasteiger partial charge in [-0.3, -0.25) is 14.5 Å². The molecule has 2 saturated carbocycles. The Morgan fingerprint density at radius 1 is 1.04 bits per heavy atom.